The van der Waals surface area contributed by atoms with Gasteiger partial charge in [0.1, 0.15) is 0 Å². The first-order chi connectivity index (χ1) is 7.16. The number of amidine groups is 1. The summed E-state index contributed by atoms with van der Waals surface area (Å²) in [7, 11) is -2.77. The Morgan fingerprint density at radius 3 is 2.87 bits per heavy atom. The van der Waals surface area contributed by atoms with Crippen molar-refractivity contribution in [2.75, 3.05) is 18.1 Å². The van der Waals surface area contributed by atoms with Crippen LogP contribution in [0.1, 0.15) is 32.1 Å². The summed E-state index contributed by atoms with van der Waals surface area (Å²) in [4.78, 5) is 4.45. The maximum absolute atomic E-state index is 11.3. The molecule has 0 amide bonds. The summed E-state index contributed by atoms with van der Waals surface area (Å²) in [5.74, 6) is 1.64. The standard InChI is InChI=1S/C10H18N2O2S/c13-15(14)7-5-9(8-15)12-10-4-2-1-3-6-11-10/h9H,1-8H2,(H,11,12)/t9-/m0/s1. The average molecular weight is 230 g/mol. The van der Waals surface area contributed by atoms with E-state index in [9.17, 15) is 8.42 Å². The van der Waals surface area contributed by atoms with Gasteiger partial charge in [-0.05, 0) is 19.3 Å². The Kier molecular flexibility index (Phi) is 3.29. The molecule has 0 bridgehead atoms. The van der Waals surface area contributed by atoms with Crippen molar-refractivity contribution >= 4 is 15.7 Å². The van der Waals surface area contributed by atoms with Crippen LogP contribution < -0.4 is 5.32 Å². The number of rotatable bonds is 1. The van der Waals surface area contributed by atoms with Gasteiger partial charge in [-0.25, -0.2) is 8.42 Å². The summed E-state index contributed by atoms with van der Waals surface area (Å²) in [6.07, 6.45) is 5.29. The van der Waals surface area contributed by atoms with Crippen LogP contribution in [0.3, 0.4) is 0 Å². The highest BCUT2D eigenvalue weighted by atomic mass is 32.2. The minimum atomic E-state index is -2.77. The molecule has 2 aliphatic rings. The molecule has 15 heavy (non-hydrogen) atoms. The van der Waals surface area contributed by atoms with Gasteiger partial charge in [-0.1, -0.05) is 6.42 Å². The second kappa shape index (κ2) is 4.51. The Morgan fingerprint density at radius 1 is 1.27 bits per heavy atom. The maximum atomic E-state index is 11.3. The Hall–Kier alpha value is -0.580. The molecule has 1 N–H and O–H groups in total. The largest absolute Gasteiger partial charge is 0.370 e. The molecule has 0 aromatic carbocycles. The lowest BCUT2D eigenvalue weighted by atomic mass is 10.2. The SMILES string of the molecule is O=S1(=O)CC[C@H](NC2=NCCCCC2)C1. The summed E-state index contributed by atoms with van der Waals surface area (Å²) < 4.78 is 22.5. The molecule has 86 valence electrons. The van der Waals surface area contributed by atoms with Crippen molar-refractivity contribution in [3.8, 4) is 0 Å². The molecule has 0 spiro atoms. The van der Waals surface area contributed by atoms with Crippen LogP contribution in [0.15, 0.2) is 4.99 Å². The lowest BCUT2D eigenvalue weighted by molar-refractivity contribution is 0.600. The molecule has 0 unspecified atom stereocenters. The van der Waals surface area contributed by atoms with E-state index in [4.69, 9.17) is 0 Å². The average Bonchev–Trinajstić information content (AvgIpc) is 2.41. The molecule has 2 heterocycles. The molecule has 0 aliphatic carbocycles. The normalized spacial score (nSPS) is 30.7. The Bertz CT molecular complexity index is 348. The fourth-order valence-corrected chi connectivity index (χ4v) is 3.81. The van der Waals surface area contributed by atoms with E-state index in [1.54, 1.807) is 0 Å². The molecular formula is C10H18N2O2S. The lowest BCUT2D eigenvalue weighted by Crippen LogP contribution is -2.35. The van der Waals surface area contributed by atoms with Gasteiger partial charge in [0.2, 0.25) is 0 Å². The Balaban J connectivity index is 1.89. The van der Waals surface area contributed by atoms with Gasteiger partial charge in [0.05, 0.1) is 17.3 Å². The smallest absolute Gasteiger partial charge is 0.152 e. The molecule has 1 saturated heterocycles. The molecule has 2 aliphatic heterocycles. The van der Waals surface area contributed by atoms with Gasteiger partial charge in [-0.3, -0.25) is 4.99 Å². The molecule has 1 atom stereocenters. The van der Waals surface area contributed by atoms with Crippen molar-refractivity contribution in [3.63, 3.8) is 0 Å². The molecule has 2 rings (SSSR count). The highest BCUT2D eigenvalue weighted by Crippen LogP contribution is 2.13. The van der Waals surface area contributed by atoms with Crippen molar-refractivity contribution in [3.05, 3.63) is 0 Å². The first-order valence-corrected chi connectivity index (χ1v) is 7.48. The van der Waals surface area contributed by atoms with Crippen molar-refractivity contribution in [2.24, 2.45) is 4.99 Å². The van der Waals surface area contributed by atoms with Crippen LogP contribution in [0.4, 0.5) is 0 Å². The third-order valence-electron chi connectivity index (χ3n) is 2.98. The summed E-state index contributed by atoms with van der Waals surface area (Å²) in [5, 5.41) is 3.28. The lowest BCUT2D eigenvalue weighted by Gasteiger charge is -2.13. The van der Waals surface area contributed by atoms with Gasteiger partial charge in [0, 0.05) is 19.0 Å². The zero-order chi connectivity index (χ0) is 10.7. The van der Waals surface area contributed by atoms with E-state index >= 15 is 0 Å². The second-order valence-corrected chi connectivity index (χ2v) is 6.61. The van der Waals surface area contributed by atoms with Crippen LogP contribution in [-0.4, -0.2) is 38.3 Å². The molecule has 0 saturated carbocycles. The molecule has 1 fully saturated rings. The van der Waals surface area contributed by atoms with Gasteiger partial charge in [0.15, 0.2) is 9.84 Å². The highest BCUT2D eigenvalue weighted by molar-refractivity contribution is 7.91. The van der Waals surface area contributed by atoms with Crippen LogP contribution >= 0.6 is 0 Å². The second-order valence-electron chi connectivity index (χ2n) is 4.38. The van der Waals surface area contributed by atoms with Gasteiger partial charge in [0.25, 0.3) is 0 Å². The summed E-state index contributed by atoms with van der Waals surface area (Å²) in [6.45, 7) is 0.891. The molecular weight excluding hydrogens is 212 g/mol. The highest BCUT2D eigenvalue weighted by Gasteiger charge is 2.28. The van der Waals surface area contributed by atoms with Gasteiger partial charge in [-0.2, -0.15) is 0 Å². The van der Waals surface area contributed by atoms with Crippen LogP contribution in [0.25, 0.3) is 0 Å². The molecule has 4 nitrogen and oxygen atoms in total. The van der Waals surface area contributed by atoms with E-state index in [0.717, 1.165) is 31.6 Å². The van der Waals surface area contributed by atoms with Gasteiger partial charge >= 0.3 is 0 Å². The molecule has 0 radical (unpaired) electrons. The number of aliphatic imine (C=N–C) groups is 1. The van der Waals surface area contributed by atoms with Crippen molar-refractivity contribution < 1.29 is 8.42 Å². The number of nitrogens with zero attached hydrogens (tertiary/aromatic N) is 1. The first-order valence-electron chi connectivity index (χ1n) is 5.66. The molecule has 5 heteroatoms. The Morgan fingerprint density at radius 2 is 2.13 bits per heavy atom. The van der Waals surface area contributed by atoms with Crippen LogP contribution in [0.2, 0.25) is 0 Å². The van der Waals surface area contributed by atoms with Crippen LogP contribution in [0.5, 0.6) is 0 Å². The van der Waals surface area contributed by atoms with Crippen molar-refractivity contribution in [1.82, 2.24) is 5.32 Å². The van der Waals surface area contributed by atoms with Crippen LogP contribution in [0, 0.1) is 0 Å². The number of hydrogen-bond donors (Lipinski definition) is 1. The Labute approximate surface area is 91.1 Å². The predicted molar refractivity (Wildman–Crippen MR) is 61.0 cm³/mol. The fraction of sp³-hybridized carbons (Fsp3) is 0.900. The van der Waals surface area contributed by atoms with E-state index in [1.807, 2.05) is 0 Å². The van der Waals surface area contributed by atoms with Gasteiger partial charge < -0.3 is 5.32 Å². The monoisotopic (exact) mass is 230 g/mol. The van der Waals surface area contributed by atoms with Crippen molar-refractivity contribution in [2.45, 2.75) is 38.1 Å². The minimum absolute atomic E-state index is 0.104. The fourth-order valence-electron chi connectivity index (χ4n) is 2.14. The number of nitrogens with one attached hydrogen (secondary N) is 1. The zero-order valence-electron chi connectivity index (χ0n) is 8.91. The minimum Gasteiger partial charge on any atom is -0.370 e. The van der Waals surface area contributed by atoms with E-state index in [1.165, 1.54) is 12.8 Å². The van der Waals surface area contributed by atoms with Crippen molar-refractivity contribution in [1.29, 1.82) is 0 Å². The maximum Gasteiger partial charge on any atom is 0.152 e. The van der Waals surface area contributed by atoms with E-state index in [-0.39, 0.29) is 11.8 Å². The quantitative estimate of drug-likeness (QED) is 0.722. The molecule has 0 aromatic heterocycles. The third-order valence-corrected chi connectivity index (χ3v) is 4.75. The predicted octanol–water partition coefficient (Wildman–Crippen LogP) is 0.736. The third kappa shape index (κ3) is 3.19. The first kappa shape index (κ1) is 10.9. The zero-order valence-corrected chi connectivity index (χ0v) is 9.72. The van der Waals surface area contributed by atoms with E-state index in [2.05, 4.69) is 10.3 Å². The topological polar surface area (TPSA) is 58.5 Å². The number of sulfone groups is 1. The molecule has 0 aromatic rings. The van der Waals surface area contributed by atoms with Crippen LogP contribution in [-0.2, 0) is 9.84 Å². The van der Waals surface area contributed by atoms with Gasteiger partial charge in [-0.15, -0.1) is 0 Å². The summed E-state index contributed by atoms with van der Waals surface area (Å²) in [5.41, 5.74) is 0. The number of hydrogen-bond acceptors (Lipinski definition) is 4. The summed E-state index contributed by atoms with van der Waals surface area (Å²) >= 11 is 0. The van der Waals surface area contributed by atoms with E-state index < -0.39 is 9.84 Å². The van der Waals surface area contributed by atoms with E-state index in [0.29, 0.717) is 5.75 Å². The summed E-state index contributed by atoms with van der Waals surface area (Å²) in [6, 6.07) is 0.104.